The molecule has 1 N–H and O–H groups in total. The van der Waals surface area contributed by atoms with Crippen LogP contribution in [0.1, 0.15) is 20.3 Å². The van der Waals surface area contributed by atoms with Gasteiger partial charge in [-0.2, -0.15) is 0 Å². The second-order valence-electron chi connectivity index (χ2n) is 4.91. The number of carbonyl (C=O) groups is 2. The number of thioether (sulfide) groups is 1. The average Bonchev–Trinajstić information content (AvgIpc) is 2.65. The summed E-state index contributed by atoms with van der Waals surface area (Å²) in [6.07, 6.45) is 0.888. The SMILES string of the molecule is CC1(C)CC1C(=O)N1CSCC1C(=O)O. The Morgan fingerprint density at radius 2 is 2.07 bits per heavy atom. The fourth-order valence-electron chi connectivity index (χ4n) is 1.95. The van der Waals surface area contributed by atoms with Crippen LogP contribution in [0, 0.1) is 11.3 Å². The van der Waals surface area contributed by atoms with Gasteiger partial charge in [0.2, 0.25) is 5.91 Å². The Bertz CT molecular complexity index is 316. The van der Waals surface area contributed by atoms with Crippen molar-refractivity contribution in [3.8, 4) is 0 Å². The van der Waals surface area contributed by atoms with Crippen LogP contribution in [0.4, 0.5) is 0 Å². The zero-order valence-electron chi connectivity index (χ0n) is 8.90. The van der Waals surface area contributed by atoms with Gasteiger partial charge >= 0.3 is 5.97 Å². The molecule has 4 nitrogen and oxygen atoms in total. The summed E-state index contributed by atoms with van der Waals surface area (Å²) in [7, 11) is 0. The number of carbonyl (C=O) groups excluding carboxylic acids is 1. The van der Waals surface area contributed by atoms with Crippen molar-refractivity contribution in [2.45, 2.75) is 26.3 Å². The molecule has 0 aromatic heterocycles. The lowest BCUT2D eigenvalue weighted by atomic mass is 10.1. The highest BCUT2D eigenvalue weighted by molar-refractivity contribution is 7.99. The van der Waals surface area contributed by atoms with Gasteiger partial charge in [-0.05, 0) is 11.8 Å². The Morgan fingerprint density at radius 1 is 1.47 bits per heavy atom. The summed E-state index contributed by atoms with van der Waals surface area (Å²) >= 11 is 1.52. The van der Waals surface area contributed by atoms with E-state index in [4.69, 9.17) is 5.11 Å². The van der Waals surface area contributed by atoms with E-state index in [0.717, 1.165) is 6.42 Å². The van der Waals surface area contributed by atoms with Crippen molar-refractivity contribution < 1.29 is 14.7 Å². The van der Waals surface area contributed by atoms with Gasteiger partial charge in [0.25, 0.3) is 0 Å². The molecular weight excluding hydrogens is 214 g/mol. The van der Waals surface area contributed by atoms with E-state index in [2.05, 4.69) is 13.8 Å². The van der Waals surface area contributed by atoms with Crippen LogP contribution >= 0.6 is 11.8 Å². The zero-order chi connectivity index (χ0) is 11.2. The summed E-state index contributed by atoms with van der Waals surface area (Å²) in [5, 5.41) is 8.96. The molecule has 0 aromatic rings. The van der Waals surface area contributed by atoms with Crippen LogP contribution in [0.3, 0.4) is 0 Å². The molecule has 2 fully saturated rings. The number of amides is 1. The third-order valence-electron chi connectivity index (χ3n) is 3.26. The monoisotopic (exact) mass is 229 g/mol. The van der Waals surface area contributed by atoms with Crippen molar-refractivity contribution in [1.29, 1.82) is 0 Å². The van der Waals surface area contributed by atoms with Crippen molar-refractivity contribution >= 4 is 23.6 Å². The Balaban J connectivity index is 2.04. The molecule has 1 aliphatic carbocycles. The molecule has 84 valence electrons. The van der Waals surface area contributed by atoms with E-state index in [1.165, 1.54) is 16.7 Å². The molecule has 0 aromatic carbocycles. The standard InChI is InChI=1S/C10H15NO3S/c1-10(2)3-6(10)8(12)11-5-15-4-7(11)9(13)14/h6-7H,3-5H2,1-2H3,(H,13,14). The predicted octanol–water partition coefficient (Wildman–Crippen LogP) is 1.02. The number of carboxylic acid groups (broad SMARTS) is 1. The maximum absolute atomic E-state index is 12.0. The van der Waals surface area contributed by atoms with E-state index in [1.54, 1.807) is 0 Å². The van der Waals surface area contributed by atoms with Crippen molar-refractivity contribution in [2.75, 3.05) is 11.6 Å². The Morgan fingerprint density at radius 3 is 2.53 bits per heavy atom. The van der Waals surface area contributed by atoms with Gasteiger partial charge in [0.1, 0.15) is 6.04 Å². The Labute approximate surface area is 93.0 Å². The van der Waals surface area contributed by atoms with Crippen molar-refractivity contribution in [2.24, 2.45) is 11.3 Å². The fraction of sp³-hybridized carbons (Fsp3) is 0.800. The van der Waals surface area contributed by atoms with Gasteiger partial charge in [-0.1, -0.05) is 13.8 Å². The first kappa shape index (κ1) is 10.8. The van der Waals surface area contributed by atoms with Crippen molar-refractivity contribution in [1.82, 2.24) is 4.90 Å². The van der Waals surface area contributed by atoms with Crippen LogP contribution in [0.2, 0.25) is 0 Å². The van der Waals surface area contributed by atoms with Gasteiger partial charge in [-0.3, -0.25) is 4.79 Å². The average molecular weight is 229 g/mol. The first-order valence-electron chi connectivity index (χ1n) is 5.04. The minimum absolute atomic E-state index is 0.0254. The lowest BCUT2D eigenvalue weighted by molar-refractivity contribution is -0.148. The topological polar surface area (TPSA) is 57.6 Å². The minimum Gasteiger partial charge on any atom is -0.480 e. The molecule has 1 heterocycles. The highest BCUT2D eigenvalue weighted by Gasteiger charge is 2.53. The van der Waals surface area contributed by atoms with E-state index in [1.807, 2.05) is 0 Å². The van der Waals surface area contributed by atoms with E-state index >= 15 is 0 Å². The molecule has 1 saturated carbocycles. The van der Waals surface area contributed by atoms with Gasteiger partial charge in [-0.25, -0.2) is 4.79 Å². The molecular formula is C10H15NO3S. The highest BCUT2D eigenvalue weighted by Crippen LogP contribution is 2.53. The molecule has 1 saturated heterocycles. The molecule has 15 heavy (non-hydrogen) atoms. The number of carboxylic acids is 1. The van der Waals surface area contributed by atoms with Gasteiger partial charge < -0.3 is 10.0 Å². The van der Waals surface area contributed by atoms with E-state index in [0.29, 0.717) is 11.6 Å². The number of aliphatic carboxylic acids is 1. The molecule has 0 radical (unpaired) electrons. The molecule has 2 unspecified atom stereocenters. The Kier molecular flexibility index (Phi) is 2.45. The summed E-state index contributed by atoms with van der Waals surface area (Å²) in [5.74, 6) is 0.235. The van der Waals surface area contributed by atoms with Gasteiger partial charge in [0.15, 0.2) is 0 Å². The van der Waals surface area contributed by atoms with Crippen LogP contribution in [-0.4, -0.2) is 39.6 Å². The zero-order valence-corrected chi connectivity index (χ0v) is 9.71. The van der Waals surface area contributed by atoms with E-state index in [9.17, 15) is 9.59 Å². The molecule has 2 rings (SSSR count). The third-order valence-corrected chi connectivity index (χ3v) is 4.27. The summed E-state index contributed by atoms with van der Waals surface area (Å²) in [5.41, 5.74) is 0.0768. The summed E-state index contributed by atoms with van der Waals surface area (Å²) in [6, 6.07) is -0.612. The molecule has 1 aliphatic heterocycles. The van der Waals surface area contributed by atoms with Crippen LogP contribution in [0.25, 0.3) is 0 Å². The van der Waals surface area contributed by atoms with Crippen LogP contribution in [0.15, 0.2) is 0 Å². The van der Waals surface area contributed by atoms with Crippen LogP contribution in [-0.2, 0) is 9.59 Å². The molecule has 5 heteroatoms. The van der Waals surface area contributed by atoms with Gasteiger partial charge in [0, 0.05) is 11.7 Å². The largest absolute Gasteiger partial charge is 0.480 e. The number of rotatable bonds is 2. The smallest absolute Gasteiger partial charge is 0.327 e. The summed E-state index contributed by atoms with van der Waals surface area (Å²) in [6.45, 7) is 4.10. The second kappa shape index (κ2) is 3.40. The maximum Gasteiger partial charge on any atom is 0.327 e. The molecule has 2 aliphatic rings. The molecule has 0 spiro atoms. The summed E-state index contributed by atoms with van der Waals surface area (Å²) < 4.78 is 0. The number of nitrogens with zero attached hydrogens (tertiary/aromatic N) is 1. The third kappa shape index (κ3) is 1.85. The van der Waals surface area contributed by atoms with Gasteiger partial charge in [-0.15, -0.1) is 11.8 Å². The molecule has 2 atom stereocenters. The predicted molar refractivity (Wildman–Crippen MR) is 57.5 cm³/mol. The first-order chi connectivity index (χ1) is 6.93. The van der Waals surface area contributed by atoms with Crippen LogP contribution in [0.5, 0.6) is 0 Å². The number of hydrogen-bond acceptors (Lipinski definition) is 3. The van der Waals surface area contributed by atoms with Crippen molar-refractivity contribution in [3.63, 3.8) is 0 Å². The Hall–Kier alpha value is -0.710. The lowest BCUT2D eigenvalue weighted by Crippen LogP contribution is -2.43. The van der Waals surface area contributed by atoms with Crippen LogP contribution < -0.4 is 0 Å². The number of hydrogen-bond donors (Lipinski definition) is 1. The highest BCUT2D eigenvalue weighted by atomic mass is 32.2. The van der Waals surface area contributed by atoms with E-state index < -0.39 is 12.0 Å². The lowest BCUT2D eigenvalue weighted by Gasteiger charge is -2.21. The summed E-state index contributed by atoms with van der Waals surface area (Å²) in [4.78, 5) is 24.4. The molecule has 1 amide bonds. The minimum atomic E-state index is -0.883. The van der Waals surface area contributed by atoms with Crippen molar-refractivity contribution in [3.05, 3.63) is 0 Å². The van der Waals surface area contributed by atoms with E-state index in [-0.39, 0.29) is 17.2 Å². The molecule has 0 bridgehead atoms. The fourth-order valence-corrected chi connectivity index (χ4v) is 3.11. The normalized spacial score (nSPS) is 32.8. The van der Waals surface area contributed by atoms with Gasteiger partial charge in [0.05, 0.1) is 5.88 Å². The maximum atomic E-state index is 12.0. The first-order valence-corrected chi connectivity index (χ1v) is 6.20. The second-order valence-corrected chi connectivity index (χ2v) is 5.91. The quantitative estimate of drug-likeness (QED) is 0.768.